The van der Waals surface area contributed by atoms with Gasteiger partial charge in [-0.15, -0.1) is 11.8 Å². The van der Waals surface area contributed by atoms with Gasteiger partial charge in [0.1, 0.15) is 5.82 Å². The van der Waals surface area contributed by atoms with Crippen LogP contribution in [0.4, 0.5) is 4.39 Å². The smallest absolute Gasteiger partial charge is 0.128 e. The summed E-state index contributed by atoms with van der Waals surface area (Å²) in [6.07, 6.45) is 4.46. The van der Waals surface area contributed by atoms with Crippen LogP contribution in [0, 0.1) is 5.82 Å². The van der Waals surface area contributed by atoms with Crippen molar-refractivity contribution in [3.05, 3.63) is 29.6 Å². The monoisotopic (exact) mass is 211 g/mol. The van der Waals surface area contributed by atoms with Crippen molar-refractivity contribution in [2.45, 2.75) is 30.3 Å². The number of thioether (sulfide) groups is 1. The Morgan fingerprint density at radius 1 is 1.50 bits per heavy atom. The third-order valence-electron chi connectivity index (χ3n) is 2.44. The van der Waals surface area contributed by atoms with Gasteiger partial charge in [-0.2, -0.15) is 0 Å². The fourth-order valence-electron chi connectivity index (χ4n) is 1.44. The van der Waals surface area contributed by atoms with E-state index in [0.29, 0.717) is 12.6 Å². The van der Waals surface area contributed by atoms with Crippen molar-refractivity contribution >= 4 is 11.8 Å². The molecule has 2 rings (SSSR count). The van der Waals surface area contributed by atoms with E-state index in [-0.39, 0.29) is 5.82 Å². The van der Waals surface area contributed by atoms with E-state index in [2.05, 4.69) is 5.32 Å². The molecule has 0 spiro atoms. The summed E-state index contributed by atoms with van der Waals surface area (Å²) in [7, 11) is 0. The second kappa shape index (κ2) is 4.32. The lowest BCUT2D eigenvalue weighted by molar-refractivity contribution is 0.579. The fourth-order valence-corrected chi connectivity index (χ4v) is 2.07. The SMILES string of the molecule is CSc1cccc(F)c1CNC1CC1. The Bertz CT molecular complexity index is 323. The first-order valence-electron chi connectivity index (χ1n) is 4.86. The summed E-state index contributed by atoms with van der Waals surface area (Å²) in [5, 5.41) is 3.34. The Kier molecular flexibility index (Phi) is 3.08. The van der Waals surface area contributed by atoms with Gasteiger partial charge in [0.25, 0.3) is 0 Å². The summed E-state index contributed by atoms with van der Waals surface area (Å²) in [5.74, 6) is -0.0926. The van der Waals surface area contributed by atoms with Gasteiger partial charge in [-0.3, -0.25) is 0 Å². The number of benzene rings is 1. The normalized spacial score (nSPS) is 15.9. The van der Waals surface area contributed by atoms with Crippen LogP contribution in [0.1, 0.15) is 18.4 Å². The molecule has 0 bridgehead atoms. The van der Waals surface area contributed by atoms with Gasteiger partial charge in [0, 0.05) is 23.0 Å². The quantitative estimate of drug-likeness (QED) is 0.769. The first-order chi connectivity index (χ1) is 6.81. The molecule has 0 aromatic heterocycles. The number of halogens is 1. The van der Waals surface area contributed by atoms with E-state index >= 15 is 0 Å². The lowest BCUT2D eigenvalue weighted by Gasteiger charge is -2.09. The molecule has 0 radical (unpaired) electrons. The summed E-state index contributed by atoms with van der Waals surface area (Å²) in [6, 6.07) is 5.90. The van der Waals surface area contributed by atoms with E-state index in [0.717, 1.165) is 10.5 Å². The molecule has 1 aromatic carbocycles. The molecule has 0 atom stereocenters. The fraction of sp³-hybridized carbons (Fsp3) is 0.455. The minimum atomic E-state index is -0.0926. The molecular formula is C11H14FNS. The highest BCUT2D eigenvalue weighted by Gasteiger charge is 2.21. The summed E-state index contributed by atoms with van der Waals surface area (Å²) in [4.78, 5) is 1.04. The Balaban J connectivity index is 2.11. The van der Waals surface area contributed by atoms with Crippen LogP contribution in [0.15, 0.2) is 23.1 Å². The van der Waals surface area contributed by atoms with Crippen LogP contribution in [0.5, 0.6) is 0 Å². The zero-order valence-electron chi connectivity index (χ0n) is 8.22. The number of hydrogen-bond acceptors (Lipinski definition) is 2. The van der Waals surface area contributed by atoms with Crippen molar-refractivity contribution < 1.29 is 4.39 Å². The van der Waals surface area contributed by atoms with Crippen molar-refractivity contribution in [3.63, 3.8) is 0 Å². The highest BCUT2D eigenvalue weighted by atomic mass is 32.2. The zero-order chi connectivity index (χ0) is 9.97. The molecule has 1 nitrogen and oxygen atoms in total. The number of rotatable bonds is 4. The molecule has 76 valence electrons. The van der Waals surface area contributed by atoms with Gasteiger partial charge in [0.2, 0.25) is 0 Å². The average Bonchev–Trinajstić information content (AvgIpc) is 2.99. The van der Waals surface area contributed by atoms with Gasteiger partial charge in [-0.25, -0.2) is 4.39 Å². The summed E-state index contributed by atoms with van der Waals surface area (Å²) in [6.45, 7) is 0.660. The second-order valence-corrected chi connectivity index (χ2v) is 4.42. The highest BCUT2D eigenvalue weighted by molar-refractivity contribution is 7.98. The molecule has 0 saturated heterocycles. The second-order valence-electron chi connectivity index (χ2n) is 3.58. The van der Waals surface area contributed by atoms with Crippen molar-refractivity contribution in [1.29, 1.82) is 0 Å². The van der Waals surface area contributed by atoms with Gasteiger partial charge in [-0.1, -0.05) is 6.07 Å². The highest BCUT2D eigenvalue weighted by Crippen LogP contribution is 2.25. The molecule has 0 aliphatic heterocycles. The topological polar surface area (TPSA) is 12.0 Å². The van der Waals surface area contributed by atoms with Gasteiger partial charge in [0.15, 0.2) is 0 Å². The van der Waals surface area contributed by atoms with Crippen LogP contribution in [0.2, 0.25) is 0 Å². The Labute approximate surface area is 88.1 Å². The number of hydrogen-bond donors (Lipinski definition) is 1. The standard InChI is InChI=1S/C11H14FNS/c1-14-11-4-2-3-10(12)9(11)7-13-8-5-6-8/h2-4,8,13H,5-7H2,1H3. The molecule has 3 heteroatoms. The van der Waals surface area contributed by atoms with Crippen LogP contribution in [0.25, 0.3) is 0 Å². The maximum atomic E-state index is 13.5. The lowest BCUT2D eigenvalue weighted by atomic mass is 10.2. The first kappa shape index (κ1) is 9.99. The lowest BCUT2D eigenvalue weighted by Crippen LogP contribution is -2.16. The summed E-state index contributed by atoms with van der Waals surface area (Å²) < 4.78 is 13.5. The van der Waals surface area contributed by atoms with Crippen LogP contribution >= 0.6 is 11.8 Å². The summed E-state index contributed by atoms with van der Waals surface area (Å²) >= 11 is 1.60. The average molecular weight is 211 g/mol. The molecule has 0 unspecified atom stereocenters. The van der Waals surface area contributed by atoms with Gasteiger partial charge >= 0.3 is 0 Å². The Hall–Kier alpha value is -0.540. The molecular weight excluding hydrogens is 197 g/mol. The van der Waals surface area contributed by atoms with E-state index in [1.165, 1.54) is 18.9 Å². The maximum absolute atomic E-state index is 13.5. The van der Waals surface area contributed by atoms with E-state index in [4.69, 9.17) is 0 Å². The van der Waals surface area contributed by atoms with E-state index in [1.54, 1.807) is 17.8 Å². The Morgan fingerprint density at radius 3 is 2.93 bits per heavy atom. The predicted molar refractivity (Wildman–Crippen MR) is 58.0 cm³/mol. The molecule has 1 aliphatic rings. The van der Waals surface area contributed by atoms with Crippen molar-refractivity contribution in [2.24, 2.45) is 0 Å². The van der Waals surface area contributed by atoms with E-state index in [9.17, 15) is 4.39 Å². The molecule has 14 heavy (non-hydrogen) atoms. The molecule has 1 N–H and O–H groups in total. The van der Waals surface area contributed by atoms with Crippen LogP contribution in [-0.2, 0) is 6.54 Å². The molecule has 1 aliphatic carbocycles. The third kappa shape index (κ3) is 2.28. The van der Waals surface area contributed by atoms with E-state index < -0.39 is 0 Å². The number of nitrogens with one attached hydrogen (secondary N) is 1. The molecule has 1 aromatic rings. The van der Waals surface area contributed by atoms with E-state index in [1.807, 2.05) is 12.3 Å². The third-order valence-corrected chi connectivity index (χ3v) is 3.26. The van der Waals surface area contributed by atoms with Crippen LogP contribution in [-0.4, -0.2) is 12.3 Å². The molecule has 1 fully saturated rings. The minimum Gasteiger partial charge on any atom is -0.310 e. The van der Waals surface area contributed by atoms with Crippen LogP contribution in [0.3, 0.4) is 0 Å². The van der Waals surface area contributed by atoms with Gasteiger partial charge in [-0.05, 0) is 31.2 Å². The first-order valence-corrected chi connectivity index (χ1v) is 6.08. The summed E-state index contributed by atoms with van der Waals surface area (Å²) in [5.41, 5.74) is 0.812. The predicted octanol–water partition coefficient (Wildman–Crippen LogP) is 2.80. The van der Waals surface area contributed by atoms with Gasteiger partial charge < -0.3 is 5.32 Å². The largest absolute Gasteiger partial charge is 0.310 e. The molecule has 1 saturated carbocycles. The minimum absolute atomic E-state index is 0.0926. The Morgan fingerprint density at radius 2 is 2.29 bits per heavy atom. The van der Waals surface area contributed by atoms with Gasteiger partial charge in [0.05, 0.1) is 0 Å². The van der Waals surface area contributed by atoms with Crippen molar-refractivity contribution in [3.8, 4) is 0 Å². The van der Waals surface area contributed by atoms with Crippen molar-refractivity contribution in [1.82, 2.24) is 5.32 Å². The van der Waals surface area contributed by atoms with Crippen molar-refractivity contribution in [2.75, 3.05) is 6.26 Å². The molecule has 0 heterocycles. The zero-order valence-corrected chi connectivity index (χ0v) is 9.03. The van der Waals surface area contributed by atoms with Crippen LogP contribution < -0.4 is 5.32 Å². The maximum Gasteiger partial charge on any atom is 0.128 e. The molecule has 0 amide bonds.